The molecule has 0 radical (unpaired) electrons. The van der Waals surface area contributed by atoms with Crippen LogP contribution in [0.25, 0.3) is 27.9 Å². The number of nitrogens with two attached hydrogens (primary N) is 2. The molecule has 34 heavy (non-hydrogen) atoms. The molecule has 11 heteroatoms. The van der Waals surface area contributed by atoms with E-state index in [-0.39, 0.29) is 25.0 Å². The number of hydrogen-bond acceptors (Lipinski definition) is 7. The van der Waals surface area contributed by atoms with E-state index in [0.717, 1.165) is 41.3 Å². The minimum absolute atomic E-state index is 0.0382. The van der Waals surface area contributed by atoms with E-state index in [0.29, 0.717) is 17.8 Å². The molecule has 4 aromatic heterocycles. The zero-order chi connectivity index (χ0) is 24.6. The maximum Gasteiger partial charge on any atom is 0.260 e. The number of aryl methyl sites for hydroxylation is 1. The second-order valence-electron chi connectivity index (χ2n) is 8.87. The number of pyridine rings is 1. The van der Waals surface area contributed by atoms with Crippen molar-refractivity contribution >= 4 is 28.4 Å². The van der Waals surface area contributed by atoms with Crippen molar-refractivity contribution in [2.75, 3.05) is 31.1 Å². The number of imidazole rings is 1. The van der Waals surface area contributed by atoms with Crippen LogP contribution in [0, 0.1) is 6.92 Å². The molecule has 5 rings (SSSR count). The van der Waals surface area contributed by atoms with Crippen molar-refractivity contribution in [1.82, 2.24) is 34.0 Å². The molecule has 1 fully saturated rings. The maximum atomic E-state index is 12.6. The fraction of sp³-hybridized carbons (Fsp3) is 0.478. The molecular weight excluding hydrogens is 440 g/mol. The van der Waals surface area contributed by atoms with Crippen LogP contribution in [-0.2, 0) is 0 Å². The maximum absolute atomic E-state index is 12.6. The molecule has 182 valence electrons. The van der Waals surface area contributed by atoms with Crippen LogP contribution in [0.4, 0.5) is 20.5 Å². The number of piperidine rings is 1. The fourth-order valence-corrected chi connectivity index (χ4v) is 4.45. The molecule has 0 saturated carbocycles. The average Bonchev–Trinajstić information content (AvgIpc) is 3.33. The molecule has 0 aliphatic carbocycles. The zero-order valence-electron chi connectivity index (χ0n) is 20.0. The van der Waals surface area contributed by atoms with Crippen molar-refractivity contribution in [3.63, 3.8) is 0 Å². The van der Waals surface area contributed by atoms with Gasteiger partial charge in [-0.05, 0) is 58.5 Å². The Morgan fingerprint density at radius 2 is 1.88 bits per heavy atom. The molecule has 5 heterocycles. The summed E-state index contributed by atoms with van der Waals surface area (Å²) in [6, 6.07) is 6.10. The molecule has 0 bridgehead atoms. The Bertz CT molecular complexity index is 1310. The summed E-state index contributed by atoms with van der Waals surface area (Å²) in [6.45, 7) is 9.69. The Kier molecular flexibility index (Phi) is 6.39. The molecule has 0 spiro atoms. The minimum Gasteiger partial charge on any atom is -0.382 e. The molecule has 1 saturated heterocycles. The third kappa shape index (κ3) is 4.65. The van der Waals surface area contributed by atoms with E-state index in [1.807, 2.05) is 32.0 Å². The van der Waals surface area contributed by atoms with Crippen LogP contribution in [0.15, 0.2) is 24.4 Å². The topological polar surface area (TPSA) is 116 Å². The van der Waals surface area contributed by atoms with Gasteiger partial charge >= 0.3 is 0 Å². The third-order valence-electron chi connectivity index (χ3n) is 5.98. The van der Waals surface area contributed by atoms with E-state index in [9.17, 15) is 8.78 Å². The van der Waals surface area contributed by atoms with Crippen molar-refractivity contribution in [2.24, 2.45) is 0 Å². The summed E-state index contributed by atoms with van der Waals surface area (Å²) in [6.07, 6.45) is 2.51. The number of likely N-dealkylation sites (tertiary alicyclic amines) is 1. The molecule has 0 unspecified atom stereocenters. The monoisotopic (exact) mass is 471 g/mol. The highest BCUT2D eigenvalue weighted by molar-refractivity contribution is 5.88. The summed E-state index contributed by atoms with van der Waals surface area (Å²) >= 11 is 0. The number of aromatic nitrogens is 6. The first kappa shape index (κ1) is 23.8. The smallest absolute Gasteiger partial charge is 0.260 e. The van der Waals surface area contributed by atoms with Gasteiger partial charge in [0, 0.05) is 24.2 Å². The van der Waals surface area contributed by atoms with Crippen LogP contribution >= 0.6 is 0 Å². The van der Waals surface area contributed by atoms with E-state index >= 15 is 0 Å². The number of alkyl halides is 2. The van der Waals surface area contributed by atoms with Gasteiger partial charge in [0.1, 0.15) is 16.9 Å². The molecule has 9 nitrogen and oxygen atoms in total. The SMILES string of the molecule is CCN1CCCC(F)(F)C1.Cc1nc2ccc(-c3ccn4nc(N)nc(N)c34)nc2n1C(C)C. The van der Waals surface area contributed by atoms with E-state index < -0.39 is 5.92 Å². The average molecular weight is 472 g/mol. The highest BCUT2D eigenvalue weighted by Gasteiger charge is 2.34. The molecule has 1 aliphatic heterocycles. The summed E-state index contributed by atoms with van der Waals surface area (Å²) < 4.78 is 28.9. The van der Waals surface area contributed by atoms with Crippen LogP contribution in [0.3, 0.4) is 0 Å². The Morgan fingerprint density at radius 1 is 1.12 bits per heavy atom. The van der Waals surface area contributed by atoms with Gasteiger partial charge in [-0.3, -0.25) is 4.90 Å². The number of fused-ring (bicyclic) bond motifs is 2. The van der Waals surface area contributed by atoms with Crippen molar-refractivity contribution in [3.8, 4) is 11.3 Å². The van der Waals surface area contributed by atoms with Crippen LogP contribution in [0.5, 0.6) is 0 Å². The lowest BCUT2D eigenvalue weighted by molar-refractivity contribution is -0.0625. The summed E-state index contributed by atoms with van der Waals surface area (Å²) in [5.41, 5.74) is 15.8. The van der Waals surface area contributed by atoms with Crippen molar-refractivity contribution < 1.29 is 8.78 Å². The lowest BCUT2D eigenvalue weighted by Gasteiger charge is -2.31. The summed E-state index contributed by atoms with van der Waals surface area (Å²) in [4.78, 5) is 15.2. The Labute approximate surface area is 196 Å². The molecule has 4 N–H and O–H groups in total. The first-order chi connectivity index (χ1) is 16.1. The highest BCUT2D eigenvalue weighted by atomic mass is 19.3. The van der Waals surface area contributed by atoms with Crippen molar-refractivity contribution in [3.05, 3.63) is 30.2 Å². The highest BCUT2D eigenvalue weighted by Crippen LogP contribution is 2.30. The first-order valence-corrected chi connectivity index (χ1v) is 11.5. The summed E-state index contributed by atoms with van der Waals surface area (Å²) in [7, 11) is 0. The van der Waals surface area contributed by atoms with Crippen molar-refractivity contribution in [1.29, 1.82) is 0 Å². The largest absolute Gasteiger partial charge is 0.382 e. The standard InChI is InChI=1S/C16H18N8.C7H13F2N/c1-8(2)24-9(3)19-12-5-4-11(20-15(12)24)10-6-7-23-13(10)14(17)21-16(18)22-23;1-2-10-5-3-4-7(8,9)6-10/h4-8H,1-3H3,(H4,17,18,21,22);2-6H2,1H3. The van der Waals surface area contributed by atoms with Gasteiger partial charge in [-0.2, -0.15) is 4.98 Å². The van der Waals surface area contributed by atoms with Gasteiger partial charge in [-0.25, -0.2) is 23.3 Å². The second-order valence-corrected chi connectivity index (χ2v) is 8.87. The van der Waals surface area contributed by atoms with Gasteiger partial charge in [0.25, 0.3) is 5.92 Å². The lowest BCUT2D eigenvalue weighted by Crippen LogP contribution is -2.42. The first-order valence-electron chi connectivity index (χ1n) is 11.5. The number of nitrogens with zero attached hydrogens (tertiary/aromatic N) is 7. The Morgan fingerprint density at radius 3 is 2.53 bits per heavy atom. The molecule has 1 aliphatic rings. The number of anilines is 2. The molecule has 4 aromatic rings. The molecule has 0 aromatic carbocycles. The van der Waals surface area contributed by atoms with E-state index in [4.69, 9.17) is 16.5 Å². The van der Waals surface area contributed by atoms with Crippen LogP contribution in [0.2, 0.25) is 0 Å². The van der Waals surface area contributed by atoms with Gasteiger partial charge in [0.15, 0.2) is 11.5 Å². The Hall–Kier alpha value is -3.34. The van der Waals surface area contributed by atoms with E-state index in [1.54, 1.807) is 15.6 Å². The molecule has 0 atom stereocenters. The van der Waals surface area contributed by atoms with Crippen LogP contribution in [0.1, 0.15) is 45.5 Å². The minimum atomic E-state index is -2.42. The van der Waals surface area contributed by atoms with Gasteiger partial charge in [-0.15, -0.1) is 5.10 Å². The molecule has 0 amide bonds. The predicted octanol–water partition coefficient (Wildman–Crippen LogP) is 3.93. The second kappa shape index (κ2) is 9.13. The van der Waals surface area contributed by atoms with Gasteiger partial charge in [0.2, 0.25) is 5.95 Å². The third-order valence-corrected chi connectivity index (χ3v) is 5.98. The summed E-state index contributed by atoms with van der Waals surface area (Å²) in [5, 5.41) is 4.15. The van der Waals surface area contributed by atoms with E-state index in [1.165, 1.54) is 0 Å². The van der Waals surface area contributed by atoms with Gasteiger partial charge in [-0.1, -0.05) is 6.92 Å². The molecular formula is C23H31F2N9. The van der Waals surface area contributed by atoms with Crippen molar-refractivity contribution in [2.45, 2.75) is 52.5 Å². The normalized spacial score (nSPS) is 16.2. The fourth-order valence-electron chi connectivity index (χ4n) is 4.45. The number of nitrogen functional groups attached to an aromatic ring is 2. The quantitative estimate of drug-likeness (QED) is 0.465. The predicted molar refractivity (Wildman–Crippen MR) is 130 cm³/mol. The van der Waals surface area contributed by atoms with Gasteiger partial charge in [0.05, 0.1) is 12.2 Å². The zero-order valence-corrected chi connectivity index (χ0v) is 20.0. The Balaban J connectivity index is 0.000000231. The number of hydrogen-bond donors (Lipinski definition) is 2. The van der Waals surface area contributed by atoms with Crippen LogP contribution < -0.4 is 11.5 Å². The summed E-state index contributed by atoms with van der Waals surface area (Å²) in [5.74, 6) is -1.01. The van der Waals surface area contributed by atoms with E-state index in [2.05, 4.69) is 33.5 Å². The number of rotatable bonds is 3. The van der Waals surface area contributed by atoms with Crippen LogP contribution in [-0.4, -0.2) is 59.6 Å². The van der Waals surface area contributed by atoms with Gasteiger partial charge < -0.3 is 16.0 Å². The lowest BCUT2D eigenvalue weighted by atomic mass is 10.1. The number of halogens is 2.